The van der Waals surface area contributed by atoms with Crippen molar-refractivity contribution in [3.8, 4) is 23.0 Å². The maximum absolute atomic E-state index is 6.99. The molecule has 2 aromatic carbocycles. The van der Waals surface area contributed by atoms with Crippen LogP contribution in [0.25, 0.3) is 0 Å². The summed E-state index contributed by atoms with van der Waals surface area (Å²) in [4.78, 5) is 5.07. The molecule has 4 heterocycles. The van der Waals surface area contributed by atoms with Crippen molar-refractivity contribution in [3.05, 3.63) is 70.8 Å². The van der Waals surface area contributed by atoms with Crippen molar-refractivity contribution in [1.82, 2.24) is 9.80 Å². The lowest BCUT2D eigenvalue weighted by atomic mass is 9.39. The third-order valence-corrected chi connectivity index (χ3v) is 17.4. The zero-order valence-corrected chi connectivity index (χ0v) is 32.4. The van der Waals surface area contributed by atoms with E-state index < -0.39 is 11.2 Å². The minimum Gasteiger partial charge on any atom is -0.493 e. The molecule has 52 heavy (non-hydrogen) atoms. The summed E-state index contributed by atoms with van der Waals surface area (Å²) in [6, 6.07) is 9.50. The summed E-state index contributed by atoms with van der Waals surface area (Å²) in [5.41, 5.74) is 4.26. The number of hydrogen-bond donors (Lipinski definition) is 0. The van der Waals surface area contributed by atoms with Crippen molar-refractivity contribution in [2.45, 2.75) is 95.6 Å². The molecular formula is C42H48Cl2N2O6. The van der Waals surface area contributed by atoms with Crippen LogP contribution >= 0.6 is 23.2 Å². The van der Waals surface area contributed by atoms with E-state index in [0.29, 0.717) is 12.1 Å². The van der Waals surface area contributed by atoms with E-state index >= 15 is 0 Å². The molecule has 2 saturated carbocycles. The fourth-order valence-electron chi connectivity index (χ4n) is 14.2. The molecule has 0 aromatic heterocycles. The van der Waals surface area contributed by atoms with Gasteiger partial charge in [-0.2, -0.15) is 0 Å². The highest BCUT2D eigenvalue weighted by molar-refractivity contribution is 6.22. The van der Waals surface area contributed by atoms with Gasteiger partial charge in [-0.1, -0.05) is 36.4 Å². The zero-order chi connectivity index (χ0) is 35.8. The highest BCUT2D eigenvalue weighted by Gasteiger charge is 2.80. The molecule has 276 valence electrons. The first-order valence-corrected chi connectivity index (χ1v) is 19.9. The molecule has 8 bridgehead atoms. The van der Waals surface area contributed by atoms with Gasteiger partial charge in [0.05, 0.1) is 35.8 Å². The van der Waals surface area contributed by atoms with Crippen LogP contribution in [0.1, 0.15) is 47.9 Å². The third-order valence-electron chi connectivity index (χ3n) is 16.4. The number of rotatable bonds is 4. The van der Waals surface area contributed by atoms with Crippen LogP contribution < -0.4 is 18.9 Å². The Hall–Kier alpha value is -2.46. The first-order chi connectivity index (χ1) is 25.1. The summed E-state index contributed by atoms with van der Waals surface area (Å²) in [5, 5.41) is -0.182. The van der Waals surface area contributed by atoms with E-state index in [9.17, 15) is 0 Å². The zero-order valence-electron chi connectivity index (χ0n) is 30.8. The topological polar surface area (TPSA) is 61.9 Å². The van der Waals surface area contributed by atoms with Gasteiger partial charge >= 0.3 is 0 Å². The summed E-state index contributed by atoms with van der Waals surface area (Å²) >= 11 is 14.0. The molecule has 12 atom stereocenters. The van der Waals surface area contributed by atoms with E-state index in [1.54, 1.807) is 28.4 Å². The van der Waals surface area contributed by atoms with Crippen LogP contribution in [0.5, 0.6) is 23.0 Å². The summed E-state index contributed by atoms with van der Waals surface area (Å²) in [6.45, 7) is 2.14. The van der Waals surface area contributed by atoms with Crippen molar-refractivity contribution in [1.29, 1.82) is 0 Å². The molecule has 14 rings (SSSR count). The van der Waals surface area contributed by atoms with Gasteiger partial charge < -0.3 is 38.2 Å². The van der Waals surface area contributed by atoms with Gasteiger partial charge in [-0.25, -0.2) is 0 Å². The molecule has 8 nitrogen and oxygen atoms in total. The number of hydrogen-bond acceptors (Lipinski definition) is 8. The first kappa shape index (κ1) is 32.9. The van der Waals surface area contributed by atoms with Crippen LogP contribution in [0, 0.1) is 10.8 Å². The van der Waals surface area contributed by atoms with Gasteiger partial charge in [0.2, 0.25) is 0 Å². The second-order valence-electron chi connectivity index (χ2n) is 17.3. The number of fused-ring (bicyclic) bond motifs is 2. The van der Waals surface area contributed by atoms with Crippen LogP contribution in [-0.4, -0.2) is 112 Å². The normalized spacial score (nSPS) is 46.8. The largest absolute Gasteiger partial charge is 0.493 e. The number of alkyl halides is 2. The van der Waals surface area contributed by atoms with Gasteiger partial charge in [-0.3, -0.25) is 0 Å². The number of likely N-dealkylation sites (tertiary alicyclic amines) is 2. The second-order valence-corrected chi connectivity index (χ2v) is 18.4. The number of methoxy groups -OCH3 is 4. The van der Waals surface area contributed by atoms with Crippen LogP contribution in [0.4, 0.5) is 0 Å². The SMILES string of the molecule is COc1ccc2c3c1O[C@H]1[C@@]4(OC)C=C[C@@]5(C[C@H]4Cl)[C@@H](C2)N(C)CC[C@]315.COc1ccc2c3c1O[C@H]1[C@@]4(OC)C=C[C@@]5(C[C@H]4Cl)[C@@H](C2)N(C)CC[C@]315. The van der Waals surface area contributed by atoms with E-state index in [1.165, 1.54) is 22.3 Å². The predicted octanol–water partition coefficient (Wildman–Crippen LogP) is 5.81. The Bertz CT molecular complexity index is 1850. The molecule has 0 amide bonds. The number of ether oxygens (including phenoxy) is 6. The maximum atomic E-state index is 6.99. The first-order valence-electron chi connectivity index (χ1n) is 19.0. The lowest BCUT2D eigenvalue weighted by Gasteiger charge is -2.70. The van der Waals surface area contributed by atoms with Crippen molar-refractivity contribution < 1.29 is 28.4 Å². The maximum Gasteiger partial charge on any atom is 0.166 e. The Labute approximate surface area is 316 Å². The summed E-state index contributed by atoms with van der Waals surface area (Å²) in [5.74, 6) is 3.52. The molecular weight excluding hydrogens is 699 g/mol. The Kier molecular flexibility index (Phi) is 6.48. The van der Waals surface area contributed by atoms with Crippen LogP contribution in [0.15, 0.2) is 48.6 Å². The fraction of sp³-hybridized carbons (Fsp3) is 0.619. The highest BCUT2D eigenvalue weighted by atomic mass is 35.5. The minimum absolute atomic E-state index is 0.00196. The second kappa shape index (κ2) is 10.2. The van der Waals surface area contributed by atoms with E-state index in [2.05, 4.69) is 72.5 Å². The van der Waals surface area contributed by atoms with E-state index in [-0.39, 0.29) is 44.6 Å². The molecule has 0 unspecified atom stereocenters. The average molecular weight is 748 g/mol. The number of halogens is 2. The lowest BCUT2D eigenvalue weighted by Crippen LogP contribution is -2.79. The molecule has 10 heteroatoms. The van der Waals surface area contributed by atoms with Gasteiger partial charge in [0.25, 0.3) is 0 Å². The minimum atomic E-state index is -0.581. The average Bonchev–Trinajstić information content (AvgIpc) is 3.71. The molecule has 12 aliphatic rings. The molecule has 0 N–H and O–H groups in total. The molecule has 0 radical (unpaired) electrons. The van der Waals surface area contributed by atoms with Gasteiger partial charge in [-0.15, -0.1) is 23.2 Å². The van der Waals surface area contributed by atoms with Gasteiger partial charge in [0.1, 0.15) is 23.4 Å². The monoisotopic (exact) mass is 746 g/mol. The smallest absolute Gasteiger partial charge is 0.166 e. The van der Waals surface area contributed by atoms with Crippen molar-refractivity contribution in [3.63, 3.8) is 0 Å². The quantitative estimate of drug-likeness (QED) is 0.287. The van der Waals surface area contributed by atoms with Crippen molar-refractivity contribution in [2.75, 3.05) is 55.6 Å². The Morgan fingerprint density at radius 1 is 0.635 bits per heavy atom. The standard InChI is InChI=1S/2C21H24ClNO3/c2*1-23-9-8-20-16-12-4-5-13(24-2)17(16)26-18(20)21(25-3)7-6-19(20,11-14(21)22)15(23)10-12/h2*4-7,14-15,18H,8-11H2,1-3H3/t2*14-,15-,18-,19-,20+,21-/m11/s1. The van der Waals surface area contributed by atoms with Crippen LogP contribution in [0.3, 0.4) is 0 Å². The van der Waals surface area contributed by atoms with Crippen LogP contribution in [0.2, 0.25) is 0 Å². The fourth-order valence-corrected chi connectivity index (χ4v) is 15.3. The summed E-state index contributed by atoms with van der Waals surface area (Å²) in [6.07, 6.45) is 15.2. The van der Waals surface area contributed by atoms with Gasteiger partial charge in [0, 0.05) is 48.3 Å². The Morgan fingerprint density at radius 2 is 1.06 bits per heavy atom. The van der Waals surface area contributed by atoms with Crippen molar-refractivity contribution >= 4 is 23.2 Å². The molecule has 2 saturated heterocycles. The van der Waals surface area contributed by atoms with Crippen LogP contribution in [-0.2, 0) is 33.1 Å². The number of piperidine rings is 2. The predicted molar refractivity (Wildman–Crippen MR) is 199 cm³/mol. The third kappa shape index (κ3) is 3.19. The Balaban J connectivity index is 0.000000123. The van der Waals surface area contributed by atoms with Crippen molar-refractivity contribution in [2.24, 2.45) is 10.8 Å². The van der Waals surface area contributed by atoms with E-state index in [4.69, 9.17) is 51.6 Å². The van der Waals surface area contributed by atoms with Gasteiger partial charge in [-0.05, 0) is 89.0 Å². The van der Waals surface area contributed by atoms with Gasteiger partial charge in [0.15, 0.2) is 23.0 Å². The number of benzene rings is 2. The molecule has 8 aliphatic carbocycles. The summed E-state index contributed by atoms with van der Waals surface area (Å²) in [7, 11) is 11.5. The number of likely N-dealkylation sites (N-methyl/N-ethyl adjacent to an activating group) is 2. The molecule has 4 spiro atoms. The number of nitrogens with zero attached hydrogens (tertiary/aromatic N) is 2. The lowest BCUT2D eigenvalue weighted by molar-refractivity contribution is -0.183. The highest BCUT2D eigenvalue weighted by Crippen LogP contribution is 2.76. The molecule has 4 aliphatic heterocycles. The Morgan fingerprint density at radius 3 is 1.42 bits per heavy atom. The van der Waals surface area contributed by atoms with E-state index in [0.717, 1.165) is 74.6 Å². The summed E-state index contributed by atoms with van der Waals surface area (Å²) < 4.78 is 37.1. The molecule has 2 aromatic rings. The molecule has 4 fully saturated rings. The van der Waals surface area contributed by atoms with E-state index in [1.807, 2.05) is 0 Å².